The lowest BCUT2D eigenvalue weighted by Gasteiger charge is -2.34. The molecule has 0 bridgehead atoms. The van der Waals surface area contributed by atoms with E-state index in [-0.39, 0.29) is 17.9 Å². The van der Waals surface area contributed by atoms with Gasteiger partial charge in [-0.25, -0.2) is 9.59 Å². The maximum Gasteiger partial charge on any atom is 0.328 e. The summed E-state index contributed by atoms with van der Waals surface area (Å²) >= 11 is 0. The highest BCUT2D eigenvalue weighted by atomic mass is 16.4. The van der Waals surface area contributed by atoms with Gasteiger partial charge >= 0.3 is 12.0 Å². The molecule has 0 aromatic carbocycles. The summed E-state index contributed by atoms with van der Waals surface area (Å²) in [5.74, 6) is -1.56. The molecule has 0 aromatic rings. The Morgan fingerprint density at radius 1 is 1.20 bits per heavy atom. The second-order valence-corrected chi connectivity index (χ2v) is 5.86. The number of hydrogen-bond acceptors (Lipinski definition) is 3. The van der Waals surface area contributed by atoms with Crippen molar-refractivity contribution in [1.82, 2.24) is 15.1 Å². The number of carbonyl (C=O) groups is 3. The maximum atomic E-state index is 12.0. The lowest BCUT2D eigenvalue weighted by molar-refractivity contribution is -0.147. The molecule has 0 unspecified atom stereocenters. The monoisotopic (exact) mass is 285 g/mol. The molecule has 20 heavy (non-hydrogen) atoms. The van der Waals surface area contributed by atoms with Crippen LogP contribution in [0.15, 0.2) is 0 Å². The van der Waals surface area contributed by atoms with E-state index >= 15 is 0 Å². The molecule has 0 atom stereocenters. The molecule has 1 saturated heterocycles. The van der Waals surface area contributed by atoms with E-state index in [0.717, 1.165) is 0 Å². The van der Waals surface area contributed by atoms with Gasteiger partial charge in [0.15, 0.2) is 0 Å². The number of carboxylic acids is 1. The van der Waals surface area contributed by atoms with E-state index in [2.05, 4.69) is 5.32 Å². The predicted molar refractivity (Wildman–Crippen MR) is 73.2 cm³/mol. The maximum absolute atomic E-state index is 12.0. The number of carboxylic acid groups (broad SMARTS) is 1. The number of piperidine rings is 1. The van der Waals surface area contributed by atoms with Gasteiger partial charge in [-0.2, -0.15) is 0 Å². The van der Waals surface area contributed by atoms with Crippen molar-refractivity contribution < 1.29 is 19.5 Å². The summed E-state index contributed by atoms with van der Waals surface area (Å²) in [5, 5.41) is 11.5. The lowest BCUT2D eigenvalue weighted by atomic mass is 9.94. The quantitative estimate of drug-likeness (QED) is 0.783. The minimum absolute atomic E-state index is 0.0604. The predicted octanol–water partition coefficient (Wildman–Crippen LogP) is 0.359. The number of aliphatic carboxylic acids is 1. The van der Waals surface area contributed by atoms with Crippen molar-refractivity contribution in [2.75, 3.05) is 27.2 Å². The highest BCUT2D eigenvalue weighted by Gasteiger charge is 2.34. The Kier molecular flexibility index (Phi) is 4.97. The fraction of sp³-hybridized carbons (Fsp3) is 0.769. The molecule has 7 nitrogen and oxygen atoms in total. The van der Waals surface area contributed by atoms with E-state index in [4.69, 9.17) is 5.11 Å². The van der Waals surface area contributed by atoms with Gasteiger partial charge in [0.1, 0.15) is 5.54 Å². The molecule has 0 aromatic heterocycles. The number of nitrogens with one attached hydrogen (secondary N) is 1. The van der Waals surface area contributed by atoms with Gasteiger partial charge in [-0.15, -0.1) is 0 Å². The Morgan fingerprint density at radius 2 is 1.70 bits per heavy atom. The summed E-state index contributed by atoms with van der Waals surface area (Å²) in [5.41, 5.74) is -1.27. The van der Waals surface area contributed by atoms with Gasteiger partial charge < -0.3 is 20.2 Å². The van der Waals surface area contributed by atoms with Crippen LogP contribution in [-0.4, -0.2) is 65.5 Å². The van der Waals surface area contributed by atoms with E-state index in [1.165, 1.54) is 18.7 Å². The van der Waals surface area contributed by atoms with Gasteiger partial charge in [0.2, 0.25) is 5.91 Å². The van der Waals surface area contributed by atoms with E-state index in [1.54, 1.807) is 19.0 Å². The first kappa shape index (κ1) is 16.3. The Bertz CT molecular complexity index is 398. The number of likely N-dealkylation sites (tertiary alicyclic amines) is 1. The minimum Gasteiger partial charge on any atom is -0.480 e. The summed E-state index contributed by atoms with van der Waals surface area (Å²) in [6, 6.07) is -0.0604. The zero-order chi connectivity index (χ0) is 15.5. The third kappa shape index (κ3) is 3.85. The summed E-state index contributed by atoms with van der Waals surface area (Å²) in [6.45, 7) is 3.95. The number of amides is 3. The Balaban J connectivity index is 2.51. The molecule has 0 radical (unpaired) electrons. The first-order valence-electron chi connectivity index (χ1n) is 6.67. The lowest BCUT2D eigenvalue weighted by Crippen LogP contribution is -2.53. The van der Waals surface area contributed by atoms with Gasteiger partial charge in [0.05, 0.1) is 0 Å². The number of rotatable bonds is 3. The normalized spacial score (nSPS) is 16.7. The fourth-order valence-electron chi connectivity index (χ4n) is 2.08. The molecular weight excluding hydrogens is 262 g/mol. The van der Waals surface area contributed by atoms with Crippen LogP contribution in [0.1, 0.15) is 26.7 Å². The van der Waals surface area contributed by atoms with Crippen LogP contribution >= 0.6 is 0 Å². The van der Waals surface area contributed by atoms with Gasteiger partial charge in [0.25, 0.3) is 0 Å². The molecule has 114 valence electrons. The second kappa shape index (κ2) is 6.11. The van der Waals surface area contributed by atoms with Gasteiger partial charge in [0, 0.05) is 33.1 Å². The van der Waals surface area contributed by atoms with Crippen LogP contribution in [0.5, 0.6) is 0 Å². The first-order valence-corrected chi connectivity index (χ1v) is 6.67. The molecule has 7 heteroatoms. The SMILES string of the molecule is CN(C)C(=O)N1CCC(C(=O)NC(C)(C)C(=O)O)CC1. The number of carbonyl (C=O) groups excluding carboxylic acids is 2. The Morgan fingerprint density at radius 3 is 2.10 bits per heavy atom. The summed E-state index contributed by atoms with van der Waals surface area (Å²) in [6.07, 6.45) is 1.11. The zero-order valence-electron chi connectivity index (χ0n) is 12.5. The third-order valence-corrected chi connectivity index (χ3v) is 3.49. The highest BCUT2D eigenvalue weighted by Crippen LogP contribution is 2.19. The molecule has 2 N–H and O–H groups in total. The van der Waals surface area contributed by atoms with Crippen molar-refractivity contribution in [2.24, 2.45) is 5.92 Å². The van der Waals surface area contributed by atoms with Gasteiger partial charge in [-0.3, -0.25) is 4.79 Å². The molecule has 3 amide bonds. The minimum atomic E-state index is -1.27. The van der Waals surface area contributed by atoms with Crippen LogP contribution in [0.2, 0.25) is 0 Å². The van der Waals surface area contributed by atoms with Crippen LogP contribution < -0.4 is 5.32 Å². The molecule has 1 aliphatic rings. The average molecular weight is 285 g/mol. The second-order valence-electron chi connectivity index (χ2n) is 5.86. The van der Waals surface area contributed by atoms with Crippen molar-refractivity contribution in [2.45, 2.75) is 32.2 Å². The van der Waals surface area contributed by atoms with Crippen molar-refractivity contribution in [3.63, 3.8) is 0 Å². The average Bonchev–Trinajstić information content (AvgIpc) is 2.37. The summed E-state index contributed by atoms with van der Waals surface area (Å²) in [4.78, 5) is 38.0. The van der Waals surface area contributed by atoms with E-state index in [9.17, 15) is 14.4 Å². The number of nitrogens with zero attached hydrogens (tertiary/aromatic N) is 2. The fourth-order valence-corrected chi connectivity index (χ4v) is 2.08. The van der Waals surface area contributed by atoms with Crippen LogP contribution in [0.25, 0.3) is 0 Å². The van der Waals surface area contributed by atoms with E-state index in [0.29, 0.717) is 25.9 Å². The first-order chi connectivity index (χ1) is 9.15. The van der Waals surface area contributed by atoms with E-state index in [1.807, 2.05) is 0 Å². The van der Waals surface area contributed by atoms with Crippen molar-refractivity contribution in [3.8, 4) is 0 Å². The van der Waals surface area contributed by atoms with Crippen LogP contribution in [0, 0.1) is 5.92 Å². The standard InChI is InChI=1S/C13H23N3O4/c1-13(2,11(18)19)14-10(17)9-5-7-16(8-6-9)12(20)15(3)4/h9H,5-8H2,1-4H3,(H,14,17)(H,18,19). The zero-order valence-corrected chi connectivity index (χ0v) is 12.5. The van der Waals surface area contributed by atoms with Crippen LogP contribution in [-0.2, 0) is 9.59 Å². The Hall–Kier alpha value is -1.79. The summed E-state index contributed by atoms with van der Waals surface area (Å²) in [7, 11) is 3.38. The van der Waals surface area contributed by atoms with Gasteiger partial charge in [-0.1, -0.05) is 0 Å². The smallest absolute Gasteiger partial charge is 0.328 e. The van der Waals surface area contributed by atoms with Gasteiger partial charge in [-0.05, 0) is 26.7 Å². The number of hydrogen-bond donors (Lipinski definition) is 2. The molecule has 0 saturated carbocycles. The summed E-state index contributed by atoms with van der Waals surface area (Å²) < 4.78 is 0. The molecule has 0 spiro atoms. The molecule has 1 aliphatic heterocycles. The van der Waals surface area contributed by atoms with Crippen molar-refractivity contribution in [1.29, 1.82) is 0 Å². The molecule has 1 heterocycles. The van der Waals surface area contributed by atoms with E-state index < -0.39 is 11.5 Å². The molecule has 1 fully saturated rings. The van der Waals surface area contributed by atoms with Crippen LogP contribution in [0.4, 0.5) is 4.79 Å². The largest absolute Gasteiger partial charge is 0.480 e. The molecule has 1 rings (SSSR count). The molecular formula is C13H23N3O4. The molecule has 0 aliphatic carbocycles. The Labute approximate surface area is 118 Å². The van der Waals surface area contributed by atoms with Crippen molar-refractivity contribution >= 4 is 17.9 Å². The number of urea groups is 1. The highest BCUT2D eigenvalue weighted by molar-refractivity contribution is 5.87. The topological polar surface area (TPSA) is 90.0 Å². The van der Waals surface area contributed by atoms with Crippen molar-refractivity contribution in [3.05, 3.63) is 0 Å². The third-order valence-electron chi connectivity index (χ3n) is 3.49. The van der Waals surface area contributed by atoms with Crippen LogP contribution in [0.3, 0.4) is 0 Å².